The van der Waals surface area contributed by atoms with Gasteiger partial charge in [0.2, 0.25) is 0 Å². The van der Waals surface area contributed by atoms with Crippen LogP contribution in [0, 0.1) is 5.92 Å². The van der Waals surface area contributed by atoms with Crippen molar-refractivity contribution in [1.29, 1.82) is 0 Å². The van der Waals surface area contributed by atoms with Crippen molar-refractivity contribution in [2.45, 2.75) is 47.8 Å². The first-order valence-corrected chi connectivity index (χ1v) is 9.89. The van der Waals surface area contributed by atoms with Crippen molar-refractivity contribution in [3.8, 4) is 0 Å². The molecular weight excluding hydrogens is 290 g/mol. The minimum Gasteiger partial charge on any atom is -0.314 e. The van der Waals surface area contributed by atoms with E-state index in [1.54, 1.807) is 12.1 Å². The zero-order chi connectivity index (χ0) is 14.8. The van der Waals surface area contributed by atoms with Crippen molar-refractivity contribution in [3.05, 3.63) is 24.3 Å². The highest BCUT2D eigenvalue weighted by Crippen LogP contribution is 2.39. The van der Waals surface area contributed by atoms with E-state index >= 15 is 0 Å². The summed E-state index contributed by atoms with van der Waals surface area (Å²) in [6.07, 6.45) is 3.70. The van der Waals surface area contributed by atoms with E-state index in [2.05, 4.69) is 19.2 Å². The molecule has 5 heteroatoms. The fraction of sp³-hybridized carbons (Fsp3) is 0.600. The second-order valence-corrected chi connectivity index (χ2v) is 8.83. The van der Waals surface area contributed by atoms with E-state index in [9.17, 15) is 8.42 Å². The highest BCUT2D eigenvalue weighted by molar-refractivity contribution is 8.00. The zero-order valence-corrected chi connectivity index (χ0v) is 13.9. The molecule has 0 bridgehead atoms. The van der Waals surface area contributed by atoms with Crippen LogP contribution in [0.3, 0.4) is 0 Å². The maximum Gasteiger partial charge on any atom is 0.175 e. The van der Waals surface area contributed by atoms with Gasteiger partial charge < -0.3 is 5.32 Å². The average Bonchev–Trinajstić information content (AvgIpc) is 2.72. The second kappa shape index (κ2) is 6.50. The largest absolute Gasteiger partial charge is 0.314 e. The summed E-state index contributed by atoms with van der Waals surface area (Å²) in [5.41, 5.74) is 0. The van der Waals surface area contributed by atoms with Crippen LogP contribution in [0.15, 0.2) is 34.1 Å². The molecule has 1 N–H and O–H groups in total. The first-order valence-electron chi connectivity index (χ1n) is 7.12. The molecule has 20 heavy (non-hydrogen) atoms. The summed E-state index contributed by atoms with van der Waals surface area (Å²) in [7, 11) is -3.09. The van der Waals surface area contributed by atoms with Crippen LogP contribution in [-0.4, -0.2) is 32.5 Å². The van der Waals surface area contributed by atoms with Gasteiger partial charge in [0.05, 0.1) is 4.90 Å². The van der Waals surface area contributed by atoms with Gasteiger partial charge in [-0.25, -0.2) is 8.42 Å². The minimum atomic E-state index is -3.09. The van der Waals surface area contributed by atoms with Gasteiger partial charge in [-0.3, -0.25) is 0 Å². The van der Waals surface area contributed by atoms with Gasteiger partial charge in [0, 0.05) is 22.4 Å². The van der Waals surface area contributed by atoms with Crippen LogP contribution in [0.2, 0.25) is 0 Å². The monoisotopic (exact) mass is 313 g/mol. The maximum absolute atomic E-state index is 11.4. The molecule has 0 aromatic heterocycles. The Kier molecular flexibility index (Phi) is 5.15. The fourth-order valence-electron chi connectivity index (χ4n) is 2.79. The number of benzene rings is 1. The number of rotatable bonds is 5. The van der Waals surface area contributed by atoms with Gasteiger partial charge in [-0.15, -0.1) is 11.8 Å². The SMILES string of the molecule is CCNC1CCC(Sc2ccc(S(C)(=O)=O)cc2)C1C. The third-order valence-electron chi connectivity index (χ3n) is 3.99. The van der Waals surface area contributed by atoms with E-state index in [1.165, 1.54) is 19.1 Å². The molecule has 1 aromatic carbocycles. The van der Waals surface area contributed by atoms with Crippen molar-refractivity contribution in [1.82, 2.24) is 5.32 Å². The van der Waals surface area contributed by atoms with Crippen LogP contribution >= 0.6 is 11.8 Å². The van der Waals surface area contributed by atoms with E-state index in [0.717, 1.165) is 11.4 Å². The Bertz CT molecular complexity index is 539. The number of nitrogens with one attached hydrogen (secondary N) is 1. The van der Waals surface area contributed by atoms with E-state index in [1.807, 2.05) is 23.9 Å². The summed E-state index contributed by atoms with van der Waals surface area (Å²) < 4.78 is 22.9. The van der Waals surface area contributed by atoms with Crippen LogP contribution < -0.4 is 5.32 Å². The van der Waals surface area contributed by atoms with Crippen molar-refractivity contribution in [2.24, 2.45) is 5.92 Å². The predicted molar refractivity (Wildman–Crippen MR) is 85.1 cm³/mol. The van der Waals surface area contributed by atoms with Gasteiger partial charge in [0.25, 0.3) is 0 Å². The number of hydrogen-bond acceptors (Lipinski definition) is 4. The Morgan fingerprint density at radius 1 is 1.25 bits per heavy atom. The molecule has 3 nitrogen and oxygen atoms in total. The van der Waals surface area contributed by atoms with E-state index < -0.39 is 9.84 Å². The summed E-state index contributed by atoms with van der Waals surface area (Å²) in [5.74, 6) is 0.648. The number of sulfone groups is 1. The minimum absolute atomic E-state index is 0.395. The molecule has 0 saturated heterocycles. The normalized spacial score (nSPS) is 26.9. The van der Waals surface area contributed by atoms with Crippen LogP contribution in [0.5, 0.6) is 0 Å². The third-order valence-corrected chi connectivity index (χ3v) is 6.63. The van der Waals surface area contributed by atoms with Crippen molar-refractivity contribution in [3.63, 3.8) is 0 Å². The summed E-state index contributed by atoms with van der Waals surface area (Å²) in [6.45, 7) is 5.48. The summed E-state index contributed by atoms with van der Waals surface area (Å²) in [4.78, 5) is 1.55. The van der Waals surface area contributed by atoms with Crippen molar-refractivity contribution < 1.29 is 8.42 Å². The lowest BCUT2D eigenvalue weighted by atomic mass is 10.1. The first-order chi connectivity index (χ1) is 9.41. The lowest BCUT2D eigenvalue weighted by molar-refractivity contribution is 0.441. The zero-order valence-electron chi connectivity index (χ0n) is 12.3. The summed E-state index contributed by atoms with van der Waals surface area (Å²) in [5, 5.41) is 4.16. The molecule has 112 valence electrons. The molecule has 1 aliphatic rings. The lowest BCUT2D eigenvalue weighted by Gasteiger charge is -2.21. The molecule has 0 radical (unpaired) electrons. The molecular formula is C15H23NO2S2. The van der Waals surface area contributed by atoms with Gasteiger partial charge in [0.15, 0.2) is 9.84 Å². The molecule has 1 fully saturated rings. The van der Waals surface area contributed by atoms with Crippen molar-refractivity contribution in [2.75, 3.05) is 12.8 Å². The van der Waals surface area contributed by atoms with E-state index in [-0.39, 0.29) is 0 Å². The Balaban J connectivity index is 2.01. The summed E-state index contributed by atoms with van der Waals surface area (Å²) >= 11 is 1.87. The molecule has 3 atom stereocenters. The second-order valence-electron chi connectivity index (χ2n) is 5.50. The van der Waals surface area contributed by atoms with Gasteiger partial charge >= 0.3 is 0 Å². The smallest absolute Gasteiger partial charge is 0.175 e. The molecule has 0 heterocycles. The molecule has 3 unspecified atom stereocenters. The van der Waals surface area contributed by atoms with E-state index in [0.29, 0.717) is 22.1 Å². The molecule has 2 rings (SSSR count). The topological polar surface area (TPSA) is 46.2 Å². The Labute approximate surface area is 126 Å². The fourth-order valence-corrected chi connectivity index (χ4v) is 4.72. The molecule has 1 aromatic rings. The molecule has 0 amide bonds. The predicted octanol–water partition coefficient (Wildman–Crippen LogP) is 2.96. The van der Waals surface area contributed by atoms with Gasteiger partial charge in [-0.05, 0) is 49.6 Å². The molecule has 1 saturated carbocycles. The van der Waals surface area contributed by atoms with Crippen LogP contribution in [0.25, 0.3) is 0 Å². The van der Waals surface area contributed by atoms with Gasteiger partial charge in [-0.2, -0.15) is 0 Å². The summed E-state index contributed by atoms with van der Waals surface area (Å²) in [6, 6.07) is 7.88. The first kappa shape index (κ1) is 15.9. The van der Waals surface area contributed by atoms with Gasteiger partial charge in [-0.1, -0.05) is 13.8 Å². The van der Waals surface area contributed by atoms with Crippen LogP contribution in [0.4, 0.5) is 0 Å². The number of hydrogen-bond donors (Lipinski definition) is 1. The molecule has 0 aliphatic heterocycles. The Hall–Kier alpha value is -0.520. The van der Waals surface area contributed by atoms with Gasteiger partial charge in [0.1, 0.15) is 0 Å². The Morgan fingerprint density at radius 3 is 2.45 bits per heavy atom. The highest BCUT2D eigenvalue weighted by Gasteiger charge is 2.32. The van der Waals surface area contributed by atoms with E-state index in [4.69, 9.17) is 0 Å². The van der Waals surface area contributed by atoms with Crippen LogP contribution in [0.1, 0.15) is 26.7 Å². The lowest BCUT2D eigenvalue weighted by Crippen LogP contribution is -2.32. The highest BCUT2D eigenvalue weighted by atomic mass is 32.2. The van der Waals surface area contributed by atoms with Crippen molar-refractivity contribution >= 4 is 21.6 Å². The molecule has 0 spiro atoms. The number of thioether (sulfide) groups is 1. The van der Waals surface area contributed by atoms with Crippen LogP contribution in [-0.2, 0) is 9.84 Å². The standard InChI is InChI=1S/C15H23NO2S2/c1-4-16-14-9-10-15(11(14)2)19-12-5-7-13(8-6-12)20(3,17)18/h5-8,11,14-16H,4,9-10H2,1-3H3. The Morgan fingerprint density at radius 2 is 1.90 bits per heavy atom. The molecule has 1 aliphatic carbocycles. The maximum atomic E-state index is 11.4. The quantitative estimate of drug-likeness (QED) is 0.908. The third kappa shape index (κ3) is 3.77. The average molecular weight is 313 g/mol.